The molecule has 2 unspecified atom stereocenters. The number of carbonyl (C=O) groups excluding carboxylic acids is 2. The van der Waals surface area contributed by atoms with Crippen LogP contribution in [0.2, 0.25) is 0 Å². The SMILES string of the molecule is CC(NC(=O)c1ccoc1)C(=O)NC1CCCN(CC(F)(F)F)C1. The average Bonchev–Trinajstić information content (AvgIpc) is 2.99. The fraction of sp³-hybridized carbons (Fsp3) is 0.600. The van der Waals surface area contributed by atoms with E-state index in [2.05, 4.69) is 10.6 Å². The smallest absolute Gasteiger partial charge is 0.401 e. The molecule has 134 valence electrons. The van der Waals surface area contributed by atoms with Gasteiger partial charge in [-0.1, -0.05) is 0 Å². The van der Waals surface area contributed by atoms with E-state index in [0.29, 0.717) is 24.9 Å². The molecule has 1 aliphatic heterocycles. The minimum absolute atomic E-state index is 0.146. The topological polar surface area (TPSA) is 74.6 Å². The Hall–Kier alpha value is -2.03. The van der Waals surface area contributed by atoms with Crippen LogP contribution >= 0.6 is 0 Å². The summed E-state index contributed by atoms with van der Waals surface area (Å²) in [5, 5.41) is 5.22. The van der Waals surface area contributed by atoms with Crippen molar-refractivity contribution in [3.05, 3.63) is 24.2 Å². The van der Waals surface area contributed by atoms with Gasteiger partial charge in [-0.05, 0) is 32.4 Å². The fourth-order valence-corrected chi connectivity index (χ4v) is 2.64. The third-order valence-corrected chi connectivity index (χ3v) is 3.78. The molecule has 24 heavy (non-hydrogen) atoms. The van der Waals surface area contributed by atoms with Gasteiger partial charge in [-0.25, -0.2) is 0 Å². The Balaban J connectivity index is 1.81. The van der Waals surface area contributed by atoms with Crippen LogP contribution in [0.4, 0.5) is 13.2 Å². The first-order valence-electron chi connectivity index (χ1n) is 7.67. The van der Waals surface area contributed by atoms with Crippen molar-refractivity contribution in [2.75, 3.05) is 19.6 Å². The predicted molar refractivity (Wildman–Crippen MR) is 79.3 cm³/mol. The third kappa shape index (κ3) is 5.55. The van der Waals surface area contributed by atoms with Gasteiger partial charge in [0.1, 0.15) is 12.3 Å². The Morgan fingerprint density at radius 3 is 2.83 bits per heavy atom. The Labute approximate surface area is 137 Å². The number of hydrogen-bond donors (Lipinski definition) is 2. The highest BCUT2D eigenvalue weighted by Crippen LogP contribution is 2.19. The van der Waals surface area contributed by atoms with E-state index in [4.69, 9.17) is 4.42 Å². The summed E-state index contributed by atoms with van der Waals surface area (Å²) in [4.78, 5) is 25.2. The third-order valence-electron chi connectivity index (χ3n) is 3.78. The lowest BCUT2D eigenvalue weighted by molar-refractivity contribution is -0.148. The molecule has 2 heterocycles. The average molecular weight is 347 g/mol. The van der Waals surface area contributed by atoms with Crippen molar-refractivity contribution in [3.8, 4) is 0 Å². The predicted octanol–water partition coefficient (Wildman–Crippen LogP) is 1.54. The molecule has 9 heteroatoms. The zero-order valence-corrected chi connectivity index (χ0v) is 13.2. The van der Waals surface area contributed by atoms with Crippen molar-refractivity contribution in [2.45, 2.75) is 38.0 Å². The highest BCUT2D eigenvalue weighted by Gasteiger charge is 2.33. The molecule has 0 radical (unpaired) electrons. The number of hydrogen-bond acceptors (Lipinski definition) is 4. The second-order valence-electron chi connectivity index (χ2n) is 5.91. The maximum atomic E-state index is 12.5. The summed E-state index contributed by atoms with van der Waals surface area (Å²) in [5.41, 5.74) is 0.295. The monoisotopic (exact) mass is 347 g/mol. The number of likely N-dealkylation sites (tertiary alicyclic amines) is 1. The summed E-state index contributed by atoms with van der Waals surface area (Å²) in [6, 6.07) is 0.308. The van der Waals surface area contributed by atoms with Gasteiger partial charge in [-0.15, -0.1) is 0 Å². The fourth-order valence-electron chi connectivity index (χ4n) is 2.64. The molecule has 1 aromatic rings. The molecular weight excluding hydrogens is 327 g/mol. The summed E-state index contributed by atoms with van der Waals surface area (Å²) in [5.74, 6) is -0.876. The Morgan fingerprint density at radius 1 is 1.46 bits per heavy atom. The first-order valence-corrected chi connectivity index (χ1v) is 7.67. The van der Waals surface area contributed by atoms with E-state index < -0.39 is 30.6 Å². The number of nitrogens with zero attached hydrogens (tertiary/aromatic N) is 1. The second-order valence-corrected chi connectivity index (χ2v) is 5.91. The van der Waals surface area contributed by atoms with E-state index in [1.54, 1.807) is 0 Å². The molecule has 0 aliphatic carbocycles. The molecule has 0 spiro atoms. The summed E-state index contributed by atoms with van der Waals surface area (Å²) < 4.78 is 42.1. The number of nitrogens with one attached hydrogen (secondary N) is 2. The first kappa shape index (κ1) is 18.3. The van der Waals surface area contributed by atoms with Gasteiger partial charge in [0.05, 0.1) is 18.4 Å². The van der Waals surface area contributed by atoms with E-state index in [0.717, 1.165) is 0 Å². The van der Waals surface area contributed by atoms with Crippen molar-refractivity contribution < 1.29 is 27.2 Å². The van der Waals surface area contributed by atoms with Crippen LogP contribution in [0.1, 0.15) is 30.1 Å². The number of furan rings is 1. The van der Waals surface area contributed by atoms with Gasteiger partial charge >= 0.3 is 6.18 Å². The molecule has 2 atom stereocenters. The lowest BCUT2D eigenvalue weighted by Gasteiger charge is -2.34. The first-order chi connectivity index (χ1) is 11.2. The van der Waals surface area contributed by atoms with E-state index in [9.17, 15) is 22.8 Å². The molecular formula is C15H20F3N3O3. The van der Waals surface area contributed by atoms with E-state index >= 15 is 0 Å². The molecule has 1 aromatic heterocycles. The van der Waals surface area contributed by atoms with Crippen LogP contribution in [-0.2, 0) is 4.79 Å². The second kappa shape index (κ2) is 7.69. The molecule has 2 amide bonds. The largest absolute Gasteiger partial charge is 0.472 e. The molecule has 0 saturated carbocycles. The van der Waals surface area contributed by atoms with Gasteiger partial charge in [-0.3, -0.25) is 14.5 Å². The van der Waals surface area contributed by atoms with Gasteiger partial charge in [-0.2, -0.15) is 13.2 Å². The van der Waals surface area contributed by atoms with Gasteiger partial charge in [0.2, 0.25) is 5.91 Å². The molecule has 0 aromatic carbocycles. The van der Waals surface area contributed by atoms with Gasteiger partial charge < -0.3 is 15.1 Å². The highest BCUT2D eigenvalue weighted by atomic mass is 19.4. The number of rotatable bonds is 5. The quantitative estimate of drug-likeness (QED) is 0.847. The summed E-state index contributed by atoms with van der Waals surface area (Å²) >= 11 is 0. The summed E-state index contributed by atoms with van der Waals surface area (Å²) in [7, 11) is 0. The minimum atomic E-state index is -4.25. The number of halogens is 3. The number of piperidine rings is 1. The molecule has 1 aliphatic rings. The zero-order chi connectivity index (χ0) is 17.7. The number of alkyl halides is 3. The standard InChI is InChI=1S/C15H20F3N3O3/c1-10(19-14(23)11-4-6-24-8-11)13(22)20-12-3-2-5-21(7-12)9-15(16,17)18/h4,6,8,10,12H,2-3,5,7,9H2,1H3,(H,19,23)(H,20,22). The van der Waals surface area contributed by atoms with Crippen LogP contribution in [-0.4, -0.2) is 54.6 Å². The van der Waals surface area contributed by atoms with Crippen molar-refractivity contribution in [1.29, 1.82) is 0 Å². The van der Waals surface area contributed by atoms with Crippen LogP contribution in [0.5, 0.6) is 0 Å². The molecule has 0 bridgehead atoms. The zero-order valence-electron chi connectivity index (χ0n) is 13.2. The highest BCUT2D eigenvalue weighted by molar-refractivity contribution is 5.97. The van der Waals surface area contributed by atoms with Gasteiger partial charge in [0.15, 0.2) is 0 Å². The Bertz CT molecular complexity index is 560. The van der Waals surface area contributed by atoms with E-state index in [1.165, 1.54) is 30.4 Å². The molecule has 1 fully saturated rings. The van der Waals surface area contributed by atoms with Gasteiger partial charge in [0.25, 0.3) is 5.91 Å². The number of carbonyl (C=O) groups is 2. The van der Waals surface area contributed by atoms with Crippen molar-refractivity contribution in [2.24, 2.45) is 0 Å². The Morgan fingerprint density at radius 2 is 2.21 bits per heavy atom. The van der Waals surface area contributed by atoms with E-state index in [-0.39, 0.29) is 12.6 Å². The molecule has 6 nitrogen and oxygen atoms in total. The van der Waals surface area contributed by atoms with E-state index in [1.807, 2.05) is 0 Å². The molecule has 2 N–H and O–H groups in total. The lowest BCUT2D eigenvalue weighted by Crippen LogP contribution is -2.54. The van der Waals surface area contributed by atoms with Crippen molar-refractivity contribution in [3.63, 3.8) is 0 Å². The number of amides is 2. The van der Waals surface area contributed by atoms with Crippen LogP contribution in [0, 0.1) is 0 Å². The van der Waals surface area contributed by atoms with Crippen LogP contribution in [0.15, 0.2) is 23.0 Å². The maximum Gasteiger partial charge on any atom is 0.401 e. The summed E-state index contributed by atoms with van der Waals surface area (Å²) in [6.07, 6.45) is -0.454. The van der Waals surface area contributed by atoms with Gasteiger partial charge in [0, 0.05) is 12.6 Å². The van der Waals surface area contributed by atoms with Crippen molar-refractivity contribution >= 4 is 11.8 Å². The van der Waals surface area contributed by atoms with Crippen LogP contribution < -0.4 is 10.6 Å². The minimum Gasteiger partial charge on any atom is -0.472 e. The maximum absolute atomic E-state index is 12.5. The normalized spacial score (nSPS) is 20.4. The van der Waals surface area contributed by atoms with Crippen LogP contribution in [0.25, 0.3) is 0 Å². The Kier molecular flexibility index (Phi) is 5.87. The molecule has 1 saturated heterocycles. The molecule has 2 rings (SSSR count). The summed E-state index contributed by atoms with van der Waals surface area (Å²) in [6.45, 7) is 1.04. The lowest BCUT2D eigenvalue weighted by atomic mass is 10.1. The van der Waals surface area contributed by atoms with Crippen LogP contribution in [0.3, 0.4) is 0 Å². The van der Waals surface area contributed by atoms with Crippen molar-refractivity contribution in [1.82, 2.24) is 15.5 Å².